The number of rotatable bonds is 7. The van der Waals surface area contributed by atoms with Crippen LogP contribution in [0.4, 0.5) is 13.2 Å². The molecule has 1 saturated heterocycles. The topological polar surface area (TPSA) is 114 Å². The van der Waals surface area contributed by atoms with Gasteiger partial charge >= 0.3 is 6.18 Å². The maximum atomic E-state index is 13.2. The summed E-state index contributed by atoms with van der Waals surface area (Å²) >= 11 is 1.44. The standard InChI is InChI=1S/C29H36F3N5O4S2/c1-5-43(39,40)22-7-6-21(33-17-22)16-34-25(38)23-12-19-13-27(3,4)41-28(24(19)42-23)8-10-37(11-9-28)18(2)20-14-35-26(36-15-20)29(30,31)32/h6-7,12,14-15,17-18,21,33H,5,8-11,13,16H2,1-4H3,(H,34,38). The van der Waals surface area contributed by atoms with Crippen molar-refractivity contribution in [3.05, 3.63) is 68.4 Å². The predicted molar refractivity (Wildman–Crippen MR) is 157 cm³/mol. The summed E-state index contributed by atoms with van der Waals surface area (Å²) in [4.78, 5) is 24.3. The quantitative estimate of drug-likeness (QED) is 0.456. The summed E-state index contributed by atoms with van der Waals surface area (Å²) in [6, 6.07) is 1.55. The Hall–Kier alpha value is -2.81. The van der Waals surface area contributed by atoms with Crippen molar-refractivity contribution < 1.29 is 31.1 Å². The number of hydrogen-bond acceptors (Lipinski definition) is 9. The molecule has 0 radical (unpaired) electrons. The first kappa shape index (κ1) is 31.6. The minimum absolute atomic E-state index is 0.0163. The Labute approximate surface area is 253 Å². The van der Waals surface area contributed by atoms with Crippen LogP contribution in [0.3, 0.4) is 0 Å². The van der Waals surface area contributed by atoms with Gasteiger partial charge in [0.05, 0.1) is 27.2 Å². The molecule has 3 aliphatic rings. The zero-order chi connectivity index (χ0) is 31.2. The lowest BCUT2D eigenvalue weighted by Gasteiger charge is -2.50. The Kier molecular flexibility index (Phi) is 8.53. The number of nitrogens with one attached hydrogen (secondary N) is 2. The smallest absolute Gasteiger partial charge is 0.382 e. The summed E-state index contributed by atoms with van der Waals surface area (Å²) < 4.78 is 69.6. The number of carbonyl (C=O) groups excluding carboxylic acids is 1. The number of hydrogen-bond donors (Lipinski definition) is 2. The number of carbonyl (C=O) groups is 1. The van der Waals surface area contributed by atoms with Crippen LogP contribution in [-0.4, -0.2) is 66.2 Å². The van der Waals surface area contributed by atoms with Crippen molar-refractivity contribution in [3.63, 3.8) is 0 Å². The van der Waals surface area contributed by atoms with Crippen molar-refractivity contribution in [1.82, 2.24) is 25.5 Å². The number of piperidine rings is 1. The van der Waals surface area contributed by atoms with E-state index in [1.807, 2.05) is 26.8 Å². The minimum atomic E-state index is -4.58. The number of nitrogens with zero attached hydrogens (tertiary/aromatic N) is 3. The van der Waals surface area contributed by atoms with E-state index in [0.717, 1.165) is 10.4 Å². The number of sulfone groups is 1. The molecule has 43 heavy (non-hydrogen) atoms. The molecule has 5 rings (SSSR count). The van der Waals surface area contributed by atoms with Gasteiger partial charge in [-0.15, -0.1) is 11.3 Å². The molecule has 0 aromatic carbocycles. The molecule has 234 valence electrons. The predicted octanol–water partition coefficient (Wildman–Crippen LogP) is 4.49. The Morgan fingerprint density at radius 2 is 1.93 bits per heavy atom. The molecule has 9 nitrogen and oxygen atoms in total. The van der Waals surface area contributed by atoms with E-state index in [1.165, 1.54) is 29.9 Å². The van der Waals surface area contributed by atoms with Gasteiger partial charge in [-0.2, -0.15) is 13.2 Å². The fourth-order valence-corrected chi connectivity index (χ4v) is 8.07. The lowest BCUT2D eigenvalue weighted by atomic mass is 9.80. The van der Waals surface area contributed by atoms with E-state index in [1.54, 1.807) is 19.1 Å². The third-order valence-corrected chi connectivity index (χ3v) is 11.3. The number of amides is 1. The Morgan fingerprint density at radius 1 is 1.26 bits per heavy atom. The van der Waals surface area contributed by atoms with Gasteiger partial charge in [0.1, 0.15) is 5.60 Å². The Morgan fingerprint density at radius 3 is 2.51 bits per heavy atom. The molecular weight excluding hydrogens is 603 g/mol. The highest BCUT2D eigenvalue weighted by Gasteiger charge is 2.48. The molecule has 0 bridgehead atoms. The SMILES string of the molecule is CCS(=O)(=O)C1=CNC(CNC(=O)c2cc3c(s2)C2(CCN(C(C)c4cnc(C(F)(F)F)nc4)CC2)OC(C)(C)C3)C=C1. The van der Waals surface area contributed by atoms with Gasteiger partial charge in [-0.3, -0.25) is 9.69 Å². The lowest BCUT2D eigenvalue weighted by Crippen LogP contribution is -2.51. The van der Waals surface area contributed by atoms with Gasteiger partial charge < -0.3 is 15.4 Å². The summed E-state index contributed by atoms with van der Waals surface area (Å²) in [5.41, 5.74) is 0.714. The maximum Gasteiger partial charge on any atom is 0.451 e. The second-order valence-electron chi connectivity index (χ2n) is 11.8. The van der Waals surface area contributed by atoms with Crippen molar-refractivity contribution in [1.29, 1.82) is 0 Å². The Balaban J connectivity index is 1.25. The van der Waals surface area contributed by atoms with Gasteiger partial charge in [-0.25, -0.2) is 18.4 Å². The van der Waals surface area contributed by atoms with Crippen molar-refractivity contribution in [3.8, 4) is 0 Å². The second-order valence-corrected chi connectivity index (χ2v) is 15.2. The average Bonchev–Trinajstić information content (AvgIpc) is 3.40. The third-order valence-electron chi connectivity index (χ3n) is 8.25. The first-order valence-electron chi connectivity index (χ1n) is 14.2. The highest BCUT2D eigenvalue weighted by Crippen LogP contribution is 2.50. The van der Waals surface area contributed by atoms with Gasteiger partial charge in [0.2, 0.25) is 5.82 Å². The number of aromatic nitrogens is 2. The van der Waals surface area contributed by atoms with Crippen LogP contribution < -0.4 is 10.6 Å². The van der Waals surface area contributed by atoms with Crippen LogP contribution in [0.2, 0.25) is 0 Å². The third kappa shape index (κ3) is 6.66. The van der Waals surface area contributed by atoms with Crippen LogP contribution in [0, 0.1) is 0 Å². The number of alkyl halides is 3. The normalized spacial score (nSPS) is 22.4. The maximum absolute atomic E-state index is 13.2. The Bertz CT molecular complexity index is 1530. The summed E-state index contributed by atoms with van der Waals surface area (Å²) in [6.07, 6.45) is 4.69. The molecule has 1 spiro atoms. The van der Waals surface area contributed by atoms with E-state index < -0.39 is 33.0 Å². The number of dihydropyridines is 1. The molecule has 0 saturated carbocycles. The first-order chi connectivity index (χ1) is 20.1. The summed E-state index contributed by atoms with van der Waals surface area (Å²) in [6.45, 7) is 9.22. The van der Waals surface area contributed by atoms with E-state index in [0.29, 0.717) is 49.3 Å². The van der Waals surface area contributed by atoms with E-state index in [4.69, 9.17) is 4.74 Å². The second kappa shape index (κ2) is 11.6. The number of allylic oxidation sites excluding steroid dienone is 1. The fourth-order valence-electron chi connectivity index (χ4n) is 5.92. The molecule has 5 heterocycles. The molecule has 2 unspecified atom stereocenters. The van der Waals surface area contributed by atoms with Crippen LogP contribution in [0.15, 0.2) is 41.7 Å². The van der Waals surface area contributed by atoms with E-state index in [-0.39, 0.29) is 28.6 Å². The zero-order valence-corrected chi connectivity index (χ0v) is 26.1. The number of thiophene rings is 1. The monoisotopic (exact) mass is 639 g/mol. The molecule has 1 fully saturated rings. The van der Waals surface area contributed by atoms with Gasteiger partial charge in [-0.05, 0) is 51.3 Å². The zero-order valence-electron chi connectivity index (χ0n) is 24.5. The van der Waals surface area contributed by atoms with Crippen molar-refractivity contribution in [2.24, 2.45) is 0 Å². The largest absolute Gasteiger partial charge is 0.451 e. The summed E-state index contributed by atoms with van der Waals surface area (Å²) in [7, 11) is -3.30. The molecule has 2 aromatic rings. The van der Waals surface area contributed by atoms with Gasteiger partial charge in [0, 0.05) is 61.1 Å². The van der Waals surface area contributed by atoms with Gasteiger partial charge in [0.25, 0.3) is 5.91 Å². The van der Waals surface area contributed by atoms with Gasteiger partial charge in [0.15, 0.2) is 9.84 Å². The highest BCUT2D eigenvalue weighted by molar-refractivity contribution is 7.95. The van der Waals surface area contributed by atoms with Crippen molar-refractivity contribution >= 4 is 27.1 Å². The molecule has 14 heteroatoms. The van der Waals surface area contributed by atoms with Crippen LogP contribution in [0.1, 0.15) is 78.1 Å². The molecule has 2 aromatic heterocycles. The summed E-state index contributed by atoms with van der Waals surface area (Å²) in [5, 5.41) is 5.99. The molecule has 2 atom stereocenters. The number of halogens is 3. The molecular formula is C29H36F3N5O4S2. The van der Waals surface area contributed by atoms with Gasteiger partial charge in [-0.1, -0.05) is 13.0 Å². The number of likely N-dealkylation sites (tertiary alicyclic amines) is 1. The van der Waals surface area contributed by atoms with E-state index >= 15 is 0 Å². The van der Waals surface area contributed by atoms with Crippen LogP contribution >= 0.6 is 11.3 Å². The average molecular weight is 640 g/mol. The summed E-state index contributed by atoms with van der Waals surface area (Å²) in [5.74, 6) is -1.33. The van der Waals surface area contributed by atoms with Crippen molar-refractivity contribution in [2.75, 3.05) is 25.4 Å². The first-order valence-corrected chi connectivity index (χ1v) is 16.7. The van der Waals surface area contributed by atoms with Crippen molar-refractivity contribution in [2.45, 2.75) is 76.4 Å². The fraction of sp³-hybridized carbons (Fsp3) is 0.552. The number of fused-ring (bicyclic) bond motifs is 2. The molecule has 1 amide bonds. The molecule has 3 aliphatic heterocycles. The molecule has 0 aliphatic carbocycles. The number of ether oxygens (including phenoxy) is 1. The van der Waals surface area contributed by atoms with Crippen LogP contribution in [0.5, 0.6) is 0 Å². The highest BCUT2D eigenvalue weighted by atomic mass is 32.2. The lowest BCUT2D eigenvalue weighted by molar-refractivity contribution is -0.179. The van der Waals surface area contributed by atoms with Crippen LogP contribution in [0.25, 0.3) is 0 Å². The molecule has 2 N–H and O–H groups in total. The van der Waals surface area contributed by atoms with E-state index in [9.17, 15) is 26.4 Å². The minimum Gasteiger partial charge on any atom is -0.382 e. The van der Waals surface area contributed by atoms with Crippen LogP contribution in [-0.2, 0) is 32.8 Å². The van der Waals surface area contributed by atoms with E-state index in [2.05, 4.69) is 25.5 Å².